The maximum Gasteiger partial charge on any atom is 0.233 e. The highest BCUT2D eigenvalue weighted by Gasteiger charge is 2.37. The van der Waals surface area contributed by atoms with Crippen LogP contribution in [0, 0.1) is 0 Å². The zero-order valence-electron chi connectivity index (χ0n) is 11.0. The third-order valence-corrected chi connectivity index (χ3v) is 3.40. The summed E-state index contributed by atoms with van der Waals surface area (Å²) in [5, 5.41) is 6.24. The number of hydrogen-bond donors (Lipinski definition) is 2. The molecule has 2 unspecified atom stereocenters. The van der Waals surface area contributed by atoms with Gasteiger partial charge in [0, 0.05) is 18.5 Å². The normalized spacial score (nSPS) is 21.6. The molecule has 1 aliphatic carbocycles. The molecule has 2 rings (SSSR count). The van der Waals surface area contributed by atoms with Gasteiger partial charge in [-0.05, 0) is 18.4 Å². The first kappa shape index (κ1) is 13.1. The molecule has 1 aromatic rings. The molecule has 0 saturated heterocycles. The van der Waals surface area contributed by atoms with E-state index in [9.17, 15) is 4.79 Å². The smallest absolute Gasteiger partial charge is 0.233 e. The fraction of sp³-hybridized carbons (Fsp3) is 0.533. The Balaban J connectivity index is 1.63. The van der Waals surface area contributed by atoms with Gasteiger partial charge < -0.3 is 10.6 Å². The Labute approximate surface area is 109 Å². The second-order valence-corrected chi connectivity index (χ2v) is 4.94. The zero-order valence-corrected chi connectivity index (χ0v) is 11.0. The van der Waals surface area contributed by atoms with E-state index in [4.69, 9.17) is 0 Å². The molecule has 3 nitrogen and oxygen atoms in total. The van der Waals surface area contributed by atoms with Crippen molar-refractivity contribution in [2.24, 2.45) is 0 Å². The van der Waals surface area contributed by atoms with E-state index >= 15 is 0 Å². The van der Waals surface area contributed by atoms with E-state index in [0.29, 0.717) is 18.5 Å². The number of amides is 1. The highest BCUT2D eigenvalue weighted by molar-refractivity contribution is 5.78. The Morgan fingerprint density at radius 1 is 1.33 bits per heavy atom. The average Bonchev–Trinajstić information content (AvgIpc) is 3.17. The van der Waals surface area contributed by atoms with E-state index in [1.165, 1.54) is 5.56 Å². The van der Waals surface area contributed by atoms with Crippen LogP contribution in [0.15, 0.2) is 30.3 Å². The first-order chi connectivity index (χ1) is 8.81. The van der Waals surface area contributed by atoms with Crippen LogP contribution < -0.4 is 10.6 Å². The summed E-state index contributed by atoms with van der Waals surface area (Å²) in [6, 6.07) is 11.0. The van der Waals surface area contributed by atoms with Crippen LogP contribution in [0.5, 0.6) is 0 Å². The molecular weight excluding hydrogens is 224 g/mol. The highest BCUT2D eigenvalue weighted by Crippen LogP contribution is 2.40. The summed E-state index contributed by atoms with van der Waals surface area (Å²) in [5.74, 6) is 0.705. The maximum absolute atomic E-state index is 11.5. The largest absolute Gasteiger partial charge is 0.355 e. The summed E-state index contributed by atoms with van der Waals surface area (Å²) in [5.41, 5.74) is 1.38. The second-order valence-electron chi connectivity index (χ2n) is 4.94. The Kier molecular flexibility index (Phi) is 4.76. The van der Waals surface area contributed by atoms with Crippen molar-refractivity contribution in [1.82, 2.24) is 10.6 Å². The van der Waals surface area contributed by atoms with E-state index < -0.39 is 0 Å². The lowest BCUT2D eigenvalue weighted by molar-refractivity contribution is -0.120. The van der Waals surface area contributed by atoms with Gasteiger partial charge in [-0.3, -0.25) is 4.79 Å². The summed E-state index contributed by atoms with van der Waals surface area (Å²) < 4.78 is 0. The van der Waals surface area contributed by atoms with Gasteiger partial charge in [-0.1, -0.05) is 43.7 Å². The van der Waals surface area contributed by atoms with Crippen LogP contribution >= 0.6 is 0 Å². The van der Waals surface area contributed by atoms with Gasteiger partial charge in [0.1, 0.15) is 0 Å². The molecule has 18 heavy (non-hydrogen) atoms. The number of carbonyl (C=O) groups excluding carboxylic acids is 1. The van der Waals surface area contributed by atoms with Gasteiger partial charge in [-0.15, -0.1) is 0 Å². The van der Waals surface area contributed by atoms with Gasteiger partial charge in [-0.25, -0.2) is 0 Å². The van der Waals surface area contributed by atoms with Gasteiger partial charge in [0.05, 0.1) is 6.54 Å². The Hall–Kier alpha value is -1.35. The van der Waals surface area contributed by atoms with Gasteiger partial charge in [0.15, 0.2) is 0 Å². The van der Waals surface area contributed by atoms with Crippen molar-refractivity contribution in [2.45, 2.75) is 38.1 Å². The first-order valence-corrected chi connectivity index (χ1v) is 6.86. The molecule has 98 valence electrons. The lowest BCUT2D eigenvalue weighted by Crippen LogP contribution is -2.35. The molecule has 2 N–H and O–H groups in total. The van der Waals surface area contributed by atoms with Crippen LogP contribution in [-0.4, -0.2) is 25.0 Å². The summed E-state index contributed by atoms with van der Waals surface area (Å²) in [7, 11) is 0. The SMILES string of the molecule is CCCCNC(=O)CNC1CC1c1ccccc1. The Morgan fingerprint density at radius 3 is 2.83 bits per heavy atom. The molecule has 2 atom stereocenters. The molecule has 1 aromatic carbocycles. The number of hydrogen-bond acceptors (Lipinski definition) is 2. The Morgan fingerprint density at radius 2 is 2.11 bits per heavy atom. The quantitative estimate of drug-likeness (QED) is 0.723. The average molecular weight is 246 g/mol. The van der Waals surface area contributed by atoms with Crippen molar-refractivity contribution in [3.8, 4) is 0 Å². The molecule has 0 spiro atoms. The predicted octanol–water partition coefficient (Wildman–Crippen LogP) is 2.05. The van der Waals surface area contributed by atoms with Crippen molar-refractivity contribution in [3.63, 3.8) is 0 Å². The number of carbonyl (C=O) groups is 1. The molecular formula is C15H22N2O. The number of nitrogens with one attached hydrogen (secondary N) is 2. The van der Waals surface area contributed by atoms with E-state index in [0.717, 1.165) is 25.8 Å². The summed E-state index contributed by atoms with van der Waals surface area (Å²) >= 11 is 0. The number of benzene rings is 1. The predicted molar refractivity (Wildman–Crippen MR) is 73.5 cm³/mol. The summed E-state index contributed by atoms with van der Waals surface area (Å²) in [6.45, 7) is 3.36. The van der Waals surface area contributed by atoms with E-state index in [2.05, 4.69) is 41.8 Å². The van der Waals surface area contributed by atoms with Crippen LogP contribution in [0.4, 0.5) is 0 Å². The monoisotopic (exact) mass is 246 g/mol. The van der Waals surface area contributed by atoms with Crippen molar-refractivity contribution in [1.29, 1.82) is 0 Å². The van der Waals surface area contributed by atoms with Gasteiger partial charge >= 0.3 is 0 Å². The lowest BCUT2D eigenvalue weighted by atomic mass is 10.1. The molecule has 0 radical (unpaired) electrons. The van der Waals surface area contributed by atoms with E-state index in [-0.39, 0.29) is 5.91 Å². The van der Waals surface area contributed by atoms with Crippen molar-refractivity contribution in [2.75, 3.05) is 13.1 Å². The lowest BCUT2D eigenvalue weighted by Gasteiger charge is -2.06. The van der Waals surface area contributed by atoms with Crippen LogP contribution in [-0.2, 0) is 4.79 Å². The fourth-order valence-corrected chi connectivity index (χ4v) is 2.18. The zero-order chi connectivity index (χ0) is 12.8. The standard InChI is InChI=1S/C15H22N2O/c1-2-3-9-16-15(18)11-17-14-10-13(14)12-7-5-4-6-8-12/h4-8,13-14,17H,2-3,9-11H2,1H3,(H,16,18). The number of rotatable bonds is 7. The van der Waals surface area contributed by atoms with Crippen LogP contribution in [0.1, 0.15) is 37.7 Å². The number of unbranched alkanes of at least 4 members (excludes halogenated alkanes) is 1. The van der Waals surface area contributed by atoms with Crippen LogP contribution in [0.3, 0.4) is 0 Å². The first-order valence-electron chi connectivity index (χ1n) is 6.86. The minimum atomic E-state index is 0.113. The summed E-state index contributed by atoms with van der Waals surface area (Å²) in [4.78, 5) is 11.5. The van der Waals surface area contributed by atoms with Gasteiger partial charge in [0.25, 0.3) is 0 Å². The topological polar surface area (TPSA) is 41.1 Å². The molecule has 0 heterocycles. The fourth-order valence-electron chi connectivity index (χ4n) is 2.18. The van der Waals surface area contributed by atoms with Crippen molar-refractivity contribution >= 4 is 5.91 Å². The molecule has 0 bridgehead atoms. The van der Waals surface area contributed by atoms with E-state index in [1.807, 2.05) is 6.07 Å². The minimum Gasteiger partial charge on any atom is -0.355 e. The molecule has 1 amide bonds. The molecule has 0 aliphatic heterocycles. The molecule has 1 saturated carbocycles. The molecule has 3 heteroatoms. The highest BCUT2D eigenvalue weighted by atomic mass is 16.1. The van der Waals surface area contributed by atoms with Gasteiger partial charge in [0.2, 0.25) is 5.91 Å². The van der Waals surface area contributed by atoms with Crippen LogP contribution in [0.2, 0.25) is 0 Å². The van der Waals surface area contributed by atoms with Crippen LogP contribution in [0.25, 0.3) is 0 Å². The molecule has 0 aromatic heterocycles. The molecule has 1 aliphatic rings. The maximum atomic E-state index is 11.5. The molecule has 1 fully saturated rings. The second kappa shape index (κ2) is 6.55. The van der Waals surface area contributed by atoms with E-state index in [1.54, 1.807) is 0 Å². The third kappa shape index (κ3) is 3.84. The Bertz CT molecular complexity index is 377. The summed E-state index contributed by atoms with van der Waals surface area (Å²) in [6.07, 6.45) is 3.32. The third-order valence-electron chi connectivity index (χ3n) is 3.40. The van der Waals surface area contributed by atoms with Crippen molar-refractivity contribution in [3.05, 3.63) is 35.9 Å². The van der Waals surface area contributed by atoms with Gasteiger partial charge in [-0.2, -0.15) is 0 Å². The minimum absolute atomic E-state index is 0.113. The van der Waals surface area contributed by atoms with Crippen molar-refractivity contribution < 1.29 is 4.79 Å².